The predicted molar refractivity (Wildman–Crippen MR) is 72.4 cm³/mol. The van der Waals surface area contributed by atoms with E-state index in [1.165, 1.54) is 11.1 Å². The smallest absolute Gasteiger partial charge is 0.164 e. The first-order chi connectivity index (χ1) is 8.69. The van der Waals surface area contributed by atoms with Gasteiger partial charge in [0.2, 0.25) is 0 Å². The van der Waals surface area contributed by atoms with Crippen molar-refractivity contribution in [1.82, 2.24) is 20.1 Å². The maximum Gasteiger partial charge on any atom is 0.164 e. The van der Waals surface area contributed by atoms with E-state index < -0.39 is 0 Å². The molecule has 0 atom stereocenters. The molecule has 0 aliphatic carbocycles. The molecule has 0 amide bonds. The highest BCUT2D eigenvalue weighted by Gasteiger charge is 2.02. The van der Waals surface area contributed by atoms with Crippen LogP contribution in [0.2, 0.25) is 0 Å². The Bertz CT molecular complexity index is 485. The van der Waals surface area contributed by atoms with Crippen molar-refractivity contribution >= 4 is 0 Å². The molecule has 0 radical (unpaired) electrons. The maximum absolute atomic E-state index is 4.40. The van der Waals surface area contributed by atoms with Crippen LogP contribution in [0.4, 0.5) is 0 Å². The summed E-state index contributed by atoms with van der Waals surface area (Å²) in [6.07, 6.45) is 1.78. The average Bonchev–Trinajstić information content (AvgIpc) is 2.78. The number of nitrogens with zero attached hydrogens (tertiary/aromatic N) is 3. The molecule has 1 heterocycles. The first kappa shape index (κ1) is 12.8. The van der Waals surface area contributed by atoms with Gasteiger partial charge >= 0.3 is 0 Å². The Balaban J connectivity index is 2.03. The number of benzene rings is 1. The van der Waals surface area contributed by atoms with E-state index in [0.29, 0.717) is 12.5 Å². The zero-order chi connectivity index (χ0) is 13.0. The second-order valence-electron chi connectivity index (χ2n) is 4.78. The van der Waals surface area contributed by atoms with Gasteiger partial charge < -0.3 is 5.32 Å². The van der Waals surface area contributed by atoms with Gasteiger partial charge in [-0.2, -0.15) is 5.10 Å². The summed E-state index contributed by atoms with van der Waals surface area (Å²) < 4.78 is 1.87. The summed E-state index contributed by atoms with van der Waals surface area (Å²) in [6.45, 7) is 5.89. The minimum absolute atomic E-state index is 0.577. The summed E-state index contributed by atoms with van der Waals surface area (Å²) >= 11 is 0. The van der Waals surface area contributed by atoms with E-state index >= 15 is 0 Å². The van der Waals surface area contributed by atoms with Crippen LogP contribution in [0.15, 0.2) is 30.6 Å². The fraction of sp³-hybridized carbons (Fsp3) is 0.429. The molecule has 1 N–H and O–H groups in total. The van der Waals surface area contributed by atoms with E-state index in [9.17, 15) is 0 Å². The van der Waals surface area contributed by atoms with Crippen LogP contribution in [-0.2, 0) is 13.1 Å². The third kappa shape index (κ3) is 3.17. The number of hydrogen-bond acceptors (Lipinski definition) is 3. The van der Waals surface area contributed by atoms with Crippen molar-refractivity contribution in [2.45, 2.75) is 32.9 Å². The normalized spacial score (nSPS) is 11.1. The topological polar surface area (TPSA) is 42.7 Å². The van der Waals surface area contributed by atoms with Crippen molar-refractivity contribution in [3.05, 3.63) is 47.5 Å². The monoisotopic (exact) mass is 244 g/mol. The zero-order valence-electron chi connectivity index (χ0n) is 11.2. The quantitative estimate of drug-likeness (QED) is 0.876. The van der Waals surface area contributed by atoms with E-state index in [1.54, 1.807) is 6.33 Å². The number of hydrogen-bond donors (Lipinski definition) is 1. The summed E-state index contributed by atoms with van der Waals surface area (Å²) in [5, 5.41) is 7.44. The van der Waals surface area contributed by atoms with Gasteiger partial charge in [-0.25, -0.2) is 9.67 Å². The van der Waals surface area contributed by atoms with E-state index in [2.05, 4.69) is 53.5 Å². The Morgan fingerprint density at radius 3 is 2.56 bits per heavy atom. The van der Waals surface area contributed by atoms with Crippen LogP contribution < -0.4 is 5.32 Å². The van der Waals surface area contributed by atoms with Gasteiger partial charge in [0.1, 0.15) is 6.33 Å². The zero-order valence-corrected chi connectivity index (χ0v) is 11.2. The molecular weight excluding hydrogens is 224 g/mol. The van der Waals surface area contributed by atoms with Gasteiger partial charge in [0.15, 0.2) is 5.82 Å². The second kappa shape index (κ2) is 5.78. The SMILES string of the molecule is CNCc1ncn(Cc2ccc(C(C)C)cc2)n1. The van der Waals surface area contributed by atoms with E-state index in [0.717, 1.165) is 12.4 Å². The minimum atomic E-state index is 0.577. The summed E-state index contributed by atoms with van der Waals surface area (Å²) in [5.41, 5.74) is 2.62. The molecule has 0 spiro atoms. The van der Waals surface area contributed by atoms with Crippen molar-refractivity contribution in [1.29, 1.82) is 0 Å². The third-order valence-electron chi connectivity index (χ3n) is 2.91. The lowest BCUT2D eigenvalue weighted by Crippen LogP contribution is -2.08. The highest BCUT2D eigenvalue weighted by atomic mass is 15.3. The van der Waals surface area contributed by atoms with Gasteiger partial charge in [-0.05, 0) is 24.1 Å². The van der Waals surface area contributed by atoms with Crippen LogP contribution in [-0.4, -0.2) is 21.8 Å². The summed E-state index contributed by atoms with van der Waals surface area (Å²) in [6, 6.07) is 8.69. The first-order valence-electron chi connectivity index (χ1n) is 6.31. The molecule has 18 heavy (non-hydrogen) atoms. The Morgan fingerprint density at radius 1 is 1.22 bits per heavy atom. The molecule has 4 nitrogen and oxygen atoms in total. The standard InChI is InChI=1S/C14H20N4/c1-11(2)13-6-4-12(5-7-13)9-18-10-16-14(17-18)8-15-3/h4-7,10-11,15H,8-9H2,1-3H3. The highest BCUT2D eigenvalue weighted by molar-refractivity contribution is 5.24. The molecule has 2 aromatic rings. The summed E-state index contributed by atoms with van der Waals surface area (Å²) in [5.74, 6) is 1.41. The Morgan fingerprint density at radius 2 is 1.94 bits per heavy atom. The number of aromatic nitrogens is 3. The van der Waals surface area contributed by atoms with Crippen LogP contribution in [0.25, 0.3) is 0 Å². The molecule has 2 rings (SSSR count). The largest absolute Gasteiger partial charge is 0.313 e. The number of rotatable bonds is 5. The molecule has 0 bridgehead atoms. The van der Waals surface area contributed by atoms with Gasteiger partial charge in [0.25, 0.3) is 0 Å². The summed E-state index contributed by atoms with van der Waals surface area (Å²) in [7, 11) is 1.89. The van der Waals surface area contributed by atoms with Gasteiger partial charge in [-0.15, -0.1) is 0 Å². The van der Waals surface area contributed by atoms with Crippen molar-refractivity contribution in [2.75, 3.05) is 7.05 Å². The molecule has 0 saturated carbocycles. The first-order valence-corrected chi connectivity index (χ1v) is 6.31. The molecule has 0 aliphatic heterocycles. The Kier molecular flexibility index (Phi) is 4.10. The molecular formula is C14H20N4. The van der Waals surface area contributed by atoms with Gasteiger partial charge in [0.05, 0.1) is 13.1 Å². The van der Waals surface area contributed by atoms with E-state index in [4.69, 9.17) is 0 Å². The molecule has 0 fully saturated rings. The fourth-order valence-corrected chi connectivity index (χ4v) is 1.84. The molecule has 0 aliphatic rings. The maximum atomic E-state index is 4.40. The van der Waals surface area contributed by atoms with Gasteiger partial charge in [0, 0.05) is 0 Å². The van der Waals surface area contributed by atoms with Crippen LogP contribution in [0.5, 0.6) is 0 Å². The van der Waals surface area contributed by atoms with Crippen LogP contribution >= 0.6 is 0 Å². The molecule has 1 aromatic carbocycles. The molecule has 4 heteroatoms. The van der Waals surface area contributed by atoms with E-state index in [1.807, 2.05) is 11.7 Å². The molecule has 0 saturated heterocycles. The predicted octanol–water partition coefficient (Wildman–Crippen LogP) is 2.17. The highest BCUT2D eigenvalue weighted by Crippen LogP contribution is 2.15. The van der Waals surface area contributed by atoms with Gasteiger partial charge in [-0.3, -0.25) is 0 Å². The minimum Gasteiger partial charge on any atom is -0.313 e. The van der Waals surface area contributed by atoms with Crippen LogP contribution in [0.1, 0.15) is 36.7 Å². The second-order valence-corrected chi connectivity index (χ2v) is 4.78. The van der Waals surface area contributed by atoms with Crippen molar-refractivity contribution in [2.24, 2.45) is 0 Å². The third-order valence-corrected chi connectivity index (χ3v) is 2.91. The number of nitrogens with one attached hydrogen (secondary N) is 1. The lowest BCUT2D eigenvalue weighted by atomic mass is 10.0. The fourth-order valence-electron chi connectivity index (χ4n) is 1.84. The van der Waals surface area contributed by atoms with Crippen LogP contribution in [0.3, 0.4) is 0 Å². The van der Waals surface area contributed by atoms with Crippen molar-refractivity contribution in [3.8, 4) is 0 Å². The van der Waals surface area contributed by atoms with Crippen molar-refractivity contribution < 1.29 is 0 Å². The van der Waals surface area contributed by atoms with Gasteiger partial charge in [-0.1, -0.05) is 38.1 Å². The molecule has 96 valence electrons. The Hall–Kier alpha value is -1.68. The lowest BCUT2D eigenvalue weighted by Gasteiger charge is -2.06. The average molecular weight is 244 g/mol. The molecule has 0 unspecified atom stereocenters. The van der Waals surface area contributed by atoms with Crippen molar-refractivity contribution in [3.63, 3.8) is 0 Å². The van der Waals surface area contributed by atoms with E-state index in [-0.39, 0.29) is 0 Å². The summed E-state index contributed by atoms with van der Waals surface area (Å²) in [4.78, 5) is 4.24. The van der Waals surface area contributed by atoms with Crippen LogP contribution in [0, 0.1) is 0 Å². The molecule has 1 aromatic heterocycles. The lowest BCUT2D eigenvalue weighted by molar-refractivity contribution is 0.658. The Labute approximate surface area is 108 Å².